The smallest absolute Gasteiger partial charge is 0.223 e. The number of nitrogens with one attached hydrogen (secondary N) is 2. The maximum atomic E-state index is 11.5. The topological polar surface area (TPSA) is 41.1 Å². The number of hydrogen-bond donors (Lipinski definition) is 2. The van der Waals surface area contributed by atoms with E-state index >= 15 is 0 Å². The lowest BCUT2D eigenvalue weighted by atomic mass is 9.97. The van der Waals surface area contributed by atoms with Crippen molar-refractivity contribution in [2.75, 3.05) is 13.1 Å². The molecule has 2 aliphatic rings. The zero-order valence-corrected chi connectivity index (χ0v) is 7.31. The van der Waals surface area contributed by atoms with Crippen molar-refractivity contribution in [2.45, 2.75) is 31.7 Å². The molecule has 1 saturated carbocycles. The van der Waals surface area contributed by atoms with E-state index in [0.29, 0.717) is 11.9 Å². The van der Waals surface area contributed by atoms with E-state index in [4.69, 9.17) is 0 Å². The third-order valence-electron chi connectivity index (χ3n) is 2.63. The molecular formula is C9H16N2O. The summed E-state index contributed by atoms with van der Waals surface area (Å²) in [5.41, 5.74) is 0. The van der Waals surface area contributed by atoms with E-state index in [0.717, 1.165) is 25.9 Å². The van der Waals surface area contributed by atoms with Gasteiger partial charge >= 0.3 is 0 Å². The van der Waals surface area contributed by atoms with Crippen LogP contribution in [0.4, 0.5) is 0 Å². The van der Waals surface area contributed by atoms with Gasteiger partial charge in [0.1, 0.15) is 0 Å². The predicted octanol–water partition coefficient (Wildman–Crippen LogP) is 0.265. The Morgan fingerprint density at radius 3 is 2.42 bits per heavy atom. The van der Waals surface area contributed by atoms with Crippen LogP contribution >= 0.6 is 0 Å². The van der Waals surface area contributed by atoms with Crippen LogP contribution in [0.5, 0.6) is 0 Å². The lowest BCUT2D eigenvalue weighted by Gasteiger charge is -2.21. The van der Waals surface area contributed by atoms with Crippen LogP contribution in [0.15, 0.2) is 0 Å². The molecule has 1 aliphatic heterocycles. The number of hydrogen-bond acceptors (Lipinski definition) is 2. The Hall–Kier alpha value is -0.570. The largest absolute Gasteiger partial charge is 0.353 e. The van der Waals surface area contributed by atoms with Gasteiger partial charge in [0.15, 0.2) is 0 Å². The van der Waals surface area contributed by atoms with Crippen molar-refractivity contribution in [3.8, 4) is 0 Å². The number of rotatable bonds is 2. The molecule has 2 rings (SSSR count). The zero-order valence-electron chi connectivity index (χ0n) is 7.31. The van der Waals surface area contributed by atoms with Gasteiger partial charge < -0.3 is 10.6 Å². The molecule has 2 N–H and O–H groups in total. The fourth-order valence-electron chi connectivity index (χ4n) is 1.63. The van der Waals surface area contributed by atoms with Gasteiger partial charge in [-0.05, 0) is 38.8 Å². The zero-order chi connectivity index (χ0) is 8.39. The maximum Gasteiger partial charge on any atom is 0.223 e. The monoisotopic (exact) mass is 168 g/mol. The van der Waals surface area contributed by atoms with Crippen molar-refractivity contribution in [1.29, 1.82) is 0 Å². The summed E-state index contributed by atoms with van der Waals surface area (Å²) in [5.74, 6) is 0.575. The second-order valence-electron chi connectivity index (χ2n) is 3.81. The highest BCUT2D eigenvalue weighted by atomic mass is 16.2. The van der Waals surface area contributed by atoms with Crippen molar-refractivity contribution < 1.29 is 4.79 Å². The molecule has 68 valence electrons. The minimum absolute atomic E-state index is 0.284. The summed E-state index contributed by atoms with van der Waals surface area (Å²) in [6.45, 7) is 2.01. The highest BCUT2D eigenvalue weighted by Gasteiger charge is 2.27. The second-order valence-corrected chi connectivity index (χ2v) is 3.81. The van der Waals surface area contributed by atoms with Crippen molar-refractivity contribution in [1.82, 2.24) is 10.6 Å². The molecule has 0 aromatic heterocycles. The molecule has 0 aromatic rings. The van der Waals surface area contributed by atoms with Crippen LogP contribution in [0.3, 0.4) is 0 Å². The van der Waals surface area contributed by atoms with Crippen molar-refractivity contribution in [3.63, 3.8) is 0 Å². The molecule has 1 saturated heterocycles. The van der Waals surface area contributed by atoms with Gasteiger partial charge in [-0.2, -0.15) is 0 Å². The second kappa shape index (κ2) is 3.44. The Morgan fingerprint density at radius 2 is 1.83 bits per heavy atom. The Balaban J connectivity index is 1.76. The third-order valence-corrected chi connectivity index (χ3v) is 2.63. The summed E-state index contributed by atoms with van der Waals surface area (Å²) >= 11 is 0. The SMILES string of the molecule is O=C(NC1CC1)C1CCNCC1. The van der Waals surface area contributed by atoms with E-state index in [9.17, 15) is 4.79 Å². The molecular weight excluding hydrogens is 152 g/mol. The van der Waals surface area contributed by atoms with Crippen LogP contribution in [0.2, 0.25) is 0 Å². The first-order valence-electron chi connectivity index (χ1n) is 4.87. The average Bonchev–Trinajstić information content (AvgIpc) is 2.90. The van der Waals surface area contributed by atoms with E-state index < -0.39 is 0 Å². The molecule has 0 radical (unpaired) electrons. The van der Waals surface area contributed by atoms with E-state index in [2.05, 4.69) is 10.6 Å². The molecule has 1 amide bonds. The first-order chi connectivity index (χ1) is 5.86. The van der Waals surface area contributed by atoms with E-state index in [1.807, 2.05) is 0 Å². The first kappa shape index (κ1) is 8.05. The van der Waals surface area contributed by atoms with Gasteiger partial charge in [0, 0.05) is 12.0 Å². The molecule has 3 nitrogen and oxygen atoms in total. The van der Waals surface area contributed by atoms with Crippen LogP contribution in [0, 0.1) is 5.92 Å². The molecule has 12 heavy (non-hydrogen) atoms. The van der Waals surface area contributed by atoms with Gasteiger partial charge in [0.2, 0.25) is 5.91 Å². The molecule has 0 atom stereocenters. The van der Waals surface area contributed by atoms with Gasteiger partial charge in [0.25, 0.3) is 0 Å². The third kappa shape index (κ3) is 1.97. The normalized spacial score (nSPS) is 25.3. The Labute approximate surface area is 72.9 Å². The summed E-state index contributed by atoms with van der Waals surface area (Å²) in [7, 11) is 0. The van der Waals surface area contributed by atoms with E-state index in [1.54, 1.807) is 0 Å². The minimum Gasteiger partial charge on any atom is -0.353 e. The molecule has 2 fully saturated rings. The Morgan fingerprint density at radius 1 is 1.17 bits per heavy atom. The number of carbonyl (C=O) groups excluding carboxylic acids is 1. The number of carbonyl (C=O) groups is 1. The summed E-state index contributed by atoms with van der Waals surface area (Å²) in [6.07, 6.45) is 4.41. The molecule has 1 aliphatic carbocycles. The fourth-order valence-corrected chi connectivity index (χ4v) is 1.63. The molecule has 0 aromatic carbocycles. The lowest BCUT2D eigenvalue weighted by Crippen LogP contribution is -2.38. The Bertz CT molecular complexity index is 171. The molecule has 0 spiro atoms. The van der Waals surface area contributed by atoms with Crippen molar-refractivity contribution in [3.05, 3.63) is 0 Å². The molecule has 1 heterocycles. The molecule has 0 bridgehead atoms. The number of piperidine rings is 1. The van der Waals surface area contributed by atoms with Gasteiger partial charge in [-0.1, -0.05) is 0 Å². The van der Waals surface area contributed by atoms with Gasteiger partial charge in [-0.3, -0.25) is 4.79 Å². The summed E-state index contributed by atoms with van der Waals surface area (Å²) < 4.78 is 0. The quantitative estimate of drug-likeness (QED) is 0.621. The van der Waals surface area contributed by atoms with Gasteiger partial charge in [0.05, 0.1) is 0 Å². The minimum atomic E-state index is 0.284. The standard InChI is InChI=1S/C9H16N2O/c12-9(11-8-1-2-8)7-3-5-10-6-4-7/h7-8,10H,1-6H2,(H,11,12). The fraction of sp³-hybridized carbons (Fsp3) is 0.889. The van der Waals surface area contributed by atoms with Gasteiger partial charge in [-0.15, -0.1) is 0 Å². The molecule has 3 heteroatoms. The highest BCUT2D eigenvalue weighted by molar-refractivity contribution is 5.79. The molecule has 0 unspecified atom stereocenters. The lowest BCUT2D eigenvalue weighted by molar-refractivity contribution is -0.125. The van der Waals surface area contributed by atoms with Crippen LogP contribution in [-0.2, 0) is 4.79 Å². The van der Waals surface area contributed by atoms with E-state index in [-0.39, 0.29) is 5.92 Å². The maximum absolute atomic E-state index is 11.5. The Kier molecular flexibility index (Phi) is 2.30. The van der Waals surface area contributed by atoms with Crippen LogP contribution in [0.1, 0.15) is 25.7 Å². The van der Waals surface area contributed by atoms with Crippen molar-refractivity contribution in [2.24, 2.45) is 5.92 Å². The summed E-state index contributed by atoms with van der Waals surface area (Å²) in [6, 6.07) is 0.521. The number of amides is 1. The average molecular weight is 168 g/mol. The van der Waals surface area contributed by atoms with Gasteiger partial charge in [-0.25, -0.2) is 0 Å². The van der Waals surface area contributed by atoms with E-state index in [1.165, 1.54) is 12.8 Å². The highest BCUT2D eigenvalue weighted by Crippen LogP contribution is 2.20. The van der Waals surface area contributed by atoms with Crippen LogP contribution < -0.4 is 10.6 Å². The summed E-state index contributed by atoms with van der Waals surface area (Å²) in [5, 5.41) is 6.32. The van der Waals surface area contributed by atoms with Crippen molar-refractivity contribution >= 4 is 5.91 Å². The van der Waals surface area contributed by atoms with Crippen LogP contribution in [-0.4, -0.2) is 25.0 Å². The van der Waals surface area contributed by atoms with Crippen LogP contribution in [0.25, 0.3) is 0 Å². The first-order valence-corrected chi connectivity index (χ1v) is 4.87. The summed E-state index contributed by atoms with van der Waals surface area (Å²) in [4.78, 5) is 11.5. The predicted molar refractivity (Wildman–Crippen MR) is 46.8 cm³/mol.